The van der Waals surface area contributed by atoms with Gasteiger partial charge < -0.3 is 28.4 Å². The molecular formula is C22H22O16. The Balaban J connectivity index is 1.63. The number of carbonyl (C=O) groups excluding carboxylic acids is 4. The Kier molecular flexibility index (Phi) is 11.7. The lowest BCUT2D eigenvalue weighted by molar-refractivity contribution is -0.453. The Bertz CT molecular complexity index is 1030. The van der Waals surface area contributed by atoms with Crippen LogP contribution in [0.1, 0.15) is 20.7 Å². The molecule has 0 saturated carbocycles. The van der Waals surface area contributed by atoms with Gasteiger partial charge in [-0.3, -0.25) is 9.78 Å². The Morgan fingerprint density at radius 1 is 0.553 bits per heavy atom. The minimum Gasteiger partial charge on any atom is -0.493 e. The zero-order valence-electron chi connectivity index (χ0n) is 20.4. The topological polar surface area (TPSA) is 179 Å². The molecule has 0 saturated heterocycles. The molecule has 0 aliphatic heterocycles. The highest BCUT2D eigenvalue weighted by Crippen LogP contribution is 2.32. The van der Waals surface area contributed by atoms with Gasteiger partial charge in [-0.15, -0.1) is 0 Å². The zero-order valence-corrected chi connectivity index (χ0v) is 20.4. The second-order valence-electron chi connectivity index (χ2n) is 6.32. The molecule has 2 aromatic rings. The third kappa shape index (κ3) is 8.32. The van der Waals surface area contributed by atoms with Crippen molar-refractivity contribution in [2.24, 2.45) is 0 Å². The monoisotopic (exact) mass is 542 g/mol. The molecule has 0 amide bonds. The molecule has 0 aliphatic carbocycles. The van der Waals surface area contributed by atoms with Crippen LogP contribution in [0, 0.1) is 0 Å². The average Bonchev–Trinajstić information content (AvgIpc) is 2.93. The summed E-state index contributed by atoms with van der Waals surface area (Å²) in [5.74, 6) is -1.50. The first kappa shape index (κ1) is 29.3. The first-order valence-electron chi connectivity index (χ1n) is 10.2. The molecule has 206 valence electrons. The van der Waals surface area contributed by atoms with E-state index in [1.54, 1.807) is 12.1 Å². The van der Waals surface area contributed by atoms with Crippen LogP contribution in [0.4, 0.5) is 9.59 Å². The number of para-hydroxylation sites is 2. The van der Waals surface area contributed by atoms with Crippen molar-refractivity contribution in [1.82, 2.24) is 0 Å². The number of hydrogen-bond acceptors (Lipinski definition) is 16. The summed E-state index contributed by atoms with van der Waals surface area (Å²) in [5, 5.41) is 8.14. The minimum atomic E-state index is -1.44. The molecule has 0 heterocycles. The number of rotatable bonds is 13. The second kappa shape index (κ2) is 15.2. The van der Waals surface area contributed by atoms with Crippen molar-refractivity contribution < 1.29 is 77.2 Å². The molecule has 0 fully saturated rings. The summed E-state index contributed by atoms with van der Waals surface area (Å²) in [6.07, 6.45) is -2.88. The summed E-state index contributed by atoms with van der Waals surface area (Å²) >= 11 is 0. The van der Waals surface area contributed by atoms with Crippen LogP contribution in [0.2, 0.25) is 0 Å². The molecule has 0 N–H and O–H groups in total. The van der Waals surface area contributed by atoms with Gasteiger partial charge in [0.15, 0.2) is 23.0 Å². The number of hydrogen-bond donors (Lipinski definition) is 0. The van der Waals surface area contributed by atoms with E-state index >= 15 is 0 Å². The molecule has 16 heteroatoms. The van der Waals surface area contributed by atoms with Gasteiger partial charge in [-0.2, -0.15) is 0 Å². The van der Waals surface area contributed by atoms with Crippen molar-refractivity contribution in [2.45, 2.75) is 0 Å². The fraction of sp³-hybridized carbons (Fsp3) is 0.273. The Labute approximate surface area is 214 Å². The van der Waals surface area contributed by atoms with Crippen LogP contribution < -0.4 is 18.9 Å². The SMILES string of the molecule is COc1cccc(C(=O)OOOC(=O)OCCOC(=O)OOOC(=O)c2cccc(OC)c2OC)c1OC. The predicted octanol–water partition coefficient (Wildman–Crippen LogP) is 2.73. The molecule has 0 atom stereocenters. The summed E-state index contributed by atoms with van der Waals surface area (Å²) in [6.45, 7) is -1.06. The molecule has 0 radical (unpaired) electrons. The van der Waals surface area contributed by atoms with Gasteiger partial charge in [0.1, 0.15) is 24.3 Å². The fourth-order valence-electron chi connectivity index (χ4n) is 2.63. The van der Waals surface area contributed by atoms with Crippen molar-refractivity contribution >= 4 is 24.2 Å². The van der Waals surface area contributed by atoms with Crippen LogP contribution in [-0.2, 0) is 39.1 Å². The molecule has 0 unspecified atom stereocenters. The van der Waals surface area contributed by atoms with E-state index in [2.05, 4.69) is 39.1 Å². The van der Waals surface area contributed by atoms with Gasteiger partial charge in [-0.05, 0) is 24.3 Å². The summed E-state index contributed by atoms with van der Waals surface area (Å²) in [6, 6.07) is 8.77. The van der Waals surface area contributed by atoms with Gasteiger partial charge in [0.05, 0.1) is 38.5 Å². The zero-order chi connectivity index (χ0) is 27.9. The van der Waals surface area contributed by atoms with Crippen LogP contribution in [0.15, 0.2) is 36.4 Å². The standard InChI is InChI=1S/C22H22O16/c1-27-15-9-5-7-13(17(15)29-3)19(23)33-37-35-21(25)31-11-12-32-22(26)36-38-34-20(24)14-8-6-10-16(28-2)18(14)30-4/h5-10H,11-12H2,1-4H3. The van der Waals surface area contributed by atoms with Crippen LogP contribution in [-0.4, -0.2) is 65.9 Å². The normalized spacial score (nSPS) is 9.89. The van der Waals surface area contributed by atoms with Gasteiger partial charge in [0.25, 0.3) is 0 Å². The van der Waals surface area contributed by atoms with Crippen molar-refractivity contribution in [3.63, 3.8) is 0 Å². The fourth-order valence-corrected chi connectivity index (χ4v) is 2.63. The lowest BCUT2D eigenvalue weighted by Gasteiger charge is -2.10. The van der Waals surface area contributed by atoms with Crippen molar-refractivity contribution in [2.75, 3.05) is 41.7 Å². The van der Waals surface area contributed by atoms with Gasteiger partial charge in [0.2, 0.25) is 0 Å². The first-order valence-corrected chi connectivity index (χ1v) is 10.2. The number of carbonyl (C=O) groups is 4. The largest absolute Gasteiger partial charge is 0.543 e. The summed E-state index contributed by atoms with van der Waals surface area (Å²) in [4.78, 5) is 63.8. The van der Waals surface area contributed by atoms with Gasteiger partial charge >= 0.3 is 24.2 Å². The van der Waals surface area contributed by atoms with Crippen molar-refractivity contribution in [1.29, 1.82) is 0 Å². The molecule has 0 spiro atoms. The van der Waals surface area contributed by atoms with E-state index in [9.17, 15) is 19.2 Å². The molecule has 38 heavy (non-hydrogen) atoms. The van der Waals surface area contributed by atoms with Gasteiger partial charge in [-0.25, -0.2) is 29.0 Å². The van der Waals surface area contributed by atoms with Crippen LogP contribution in [0.3, 0.4) is 0 Å². The number of ether oxygens (including phenoxy) is 6. The van der Waals surface area contributed by atoms with Crippen molar-refractivity contribution in [3.05, 3.63) is 47.5 Å². The minimum absolute atomic E-state index is 0.0639. The van der Waals surface area contributed by atoms with Crippen LogP contribution >= 0.6 is 0 Å². The lowest BCUT2D eigenvalue weighted by atomic mass is 10.2. The molecule has 0 aliphatic rings. The lowest BCUT2D eigenvalue weighted by Crippen LogP contribution is -2.17. The maximum Gasteiger partial charge on any atom is 0.543 e. The maximum absolute atomic E-state index is 12.0. The molecule has 0 aromatic heterocycles. The quantitative estimate of drug-likeness (QED) is 0.156. The molecular weight excluding hydrogens is 520 g/mol. The molecule has 0 bridgehead atoms. The Morgan fingerprint density at radius 3 is 1.29 bits per heavy atom. The molecule has 2 aromatic carbocycles. The van der Waals surface area contributed by atoms with E-state index in [0.717, 1.165) is 0 Å². The Hall–Kier alpha value is -4.96. The van der Waals surface area contributed by atoms with Crippen LogP contribution in [0.5, 0.6) is 23.0 Å². The van der Waals surface area contributed by atoms with E-state index < -0.39 is 37.5 Å². The highest BCUT2D eigenvalue weighted by Gasteiger charge is 2.21. The summed E-state index contributed by atoms with van der Waals surface area (Å²) < 4.78 is 29.2. The smallest absolute Gasteiger partial charge is 0.493 e. The van der Waals surface area contributed by atoms with E-state index in [1.807, 2.05) is 0 Å². The number of benzene rings is 2. The molecule has 2 rings (SSSR count). The first-order chi connectivity index (χ1) is 18.4. The highest BCUT2D eigenvalue weighted by molar-refractivity contribution is 5.93. The van der Waals surface area contributed by atoms with E-state index in [4.69, 9.17) is 18.9 Å². The van der Waals surface area contributed by atoms with Crippen molar-refractivity contribution in [3.8, 4) is 23.0 Å². The van der Waals surface area contributed by atoms with Crippen LogP contribution in [0.25, 0.3) is 0 Å². The summed E-state index contributed by atoms with van der Waals surface area (Å²) in [5.41, 5.74) is -0.155. The highest BCUT2D eigenvalue weighted by atomic mass is 17.5. The Morgan fingerprint density at radius 2 is 0.947 bits per heavy atom. The van der Waals surface area contributed by atoms with Gasteiger partial charge in [-0.1, -0.05) is 12.1 Å². The number of methoxy groups -OCH3 is 4. The molecule has 16 nitrogen and oxygen atoms in total. The average molecular weight is 542 g/mol. The van der Waals surface area contributed by atoms with Gasteiger partial charge in [0, 0.05) is 0 Å². The third-order valence-electron chi connectivity index (χ3n) is 4.19. The second-order valence-corrected chi connectivity index (χ2v) is 6.32. The summed E-state index contributed by atoms with van der Waals surface area (Å²) in [7, 11) is 5.35. The van der Waals surface area contributed by atoms with E-state index in [0.29, 0.717) is 0 Å². The third-order valence-corrected chi connectivity index (χ3v) is 4.19. The predicted molar refractivity (Wildman–Crippen MR) is 117 cm³/mol. The maximum atomic E-state index is 12.0. The van der Waals surface area contributed by atoms with E-state index in [-0.39, 0.29) is 34.1 Å². The van der Waals surface area contributed by atoms with E-state index in [1.165, 1.54) is 52.7 Å².